The summed E-state index contributed by atoms with van der Waals surface area (Å²) >= 11 is 0. The molecule has 4 aromatic rings. The van der Waals surface area contributed by atoms with Crippen LogP contribution in [0.2, 0.25) is 0 Å². The Labute approximate surface area is 177 Å². The predicted molar refractivity (Wildman–Crippen MR) is 114 cm³/mol. The number of anilines is 3. The molecule has 1 aromatic carbocycles. The Kier molecular flexibility index (Phi) is 4.73. The van der Waals surface area contributed by atoms with Crippen molar-refractivity contribution in [1.29, 1.82) is 0 Å². The molecule has 4 heterocycles. The van der Waals surface area contributed by atoms with Gasteiger partial charge in [-0.25, -0.2) is 8.91 Å². The van der Waals surface area contributed by atoms with Gasteiger partial charge in [-0.05, 0) is 37.3 Å². The van der Waals surface area contributed by atoms with E-state index in [0.29, 0.717) is 49.3 Å². The van der Waals surface area contributed by atoms with Gasteiger partial charge in [0.2, 0.25) is 5.95 Å². The number of hydrogen-bond donors (Lipinski definition) is 2. The molecule has 1 aliphatic rings. The molecule has 3 aromatic heterocycles. The Balaban J connectivity index is 1.34. The van der Waals surface area contributed by atoms with Crippen LogP contribution in [0.4, 0.5) is 22.0 Å². The lowest BCUT2D eigenvalue weighted by Crippen LogP contribution is -2.49. The number of aryl methyl sites for hydroxylation is 1. The molecular weight excluding hydrogens is 399 g/mol. The zero-order chi connectivity index (χ0) is 21.4. The third-order valence-electron chi connectivity index (χ3n) is 5.25. The third kappa shape index (κ3) is 3.79. The second-order valence-electron chi connectivity index (χ2n) is 7.45. The number of aromatic nitrogens is 5. The van der Waals surface area contributed by atoms with Crippen LogP contribution in [0.3, 0.4) is 0 Å². The van der Waals surface area contributed by atoms with Gasteiger partial charge >= 0.3 is 0 Å². The number of carbonyl (C=O) groups excluding carboxylic acids is 1. The molecule has 0 atom stereocenters. The first-order valence-electron chi connectivity index (χ1n) is 10.0. The lowest BCUT2D eigenvalue weighted by atomic mass is 10.2. The molecule has 0 radical (unpaired) electrons. The maximum absolute atomic E-state index is 13.5. The van der Waals surface area contributed by atoms with Gasteiger partial charge in [0.05, 0.1) is 0 Å². The number of rotatable bonds is 4. The second-order valence-corrected chi connectivity index (χ2v) is 7.45. The molecular formula is C21H21FN8O. The zero-order valence-corrected chi connectivity index (χ0v) is 16.9. The minimum absolute atomic E-state index is 0.169. The number of carbonyl (C=O) groups is 1. The Bertz CT molecular complexity index is 1240. The highest BCUT2D eigenvalue weighted by molar-refractivity contribution is 5.94. The predicted octanol–water partition coefficient (Wildman–Crippen LogP) is 2.61. The SMILES string of the molecule is Cc1cc(Nc2nc(N3CCN(C(=O)c4cccc(F)c4)CC3)nn3cccc23)n[nH]1. The summed E-state index contributed by atoms with van der Waals surface area (Å²) in [4.78, 5) is 21.2. The van der Waals surface area contributed by atoms with E-state index in [-0.39, 0.29) is 5.91 Å². The third-order valence-corrected chi connectivity index (χ3v) is 5.25. The van der Waals surface area contributed by atoms with E-state index < -0.39 is 5.82 Å². The standard InChI is InChI=1S/C21H21FN8O/c1-14-12-18(26-25-14)23-19-17-6-3-7-30(17)27-21(24-19)29-10-8-28(9-11-29)20(31)15-4-2-5-16(22)13-15/h2-7,12-13H,8-11H2,1H3,(H2,23,24,25,26,27). The number of amides is 1. The van der Waals surface area contributed by atoms with Crippen LogP contribution in [0.1, 0.15) is 16.1 Å². The van der Waals surface area contributed by atoms with E-state index in [0.717, 1.165) is 11.2 Å². The van der Waals surface area contributed by atoms with Crippen LogP contribution in [0.5, 0.6) is 0 Å². The summed E-state index contributed by atoms with van der Waals surface area (Å²) < 4.78 is 15.2. The van der Waals surface area contributed by atoms with Gasteiger partial charge in [0, 0.05) is 49.7 Å². The molecule has 0 saturated carbocycles. The van der Waals surface area contributed by atoms with E-state index in [1.165, 1.54) is 12.1 Å². The summed E-state index contributed by atoms with van der Waals surface area (Å²) in [6.45, 7) is 4.10. The number of benzene rings is 1. The number of fused-ring (bicyclic) bond motifs is 1. The van der Waals surface area contributed by atoms with Crippen LogP contribution in [0, 0.1) is 12.7 Å². The van der Waals surface area contributed by atoms with E-state index in [9.17, 15) is 9.18 Å². The Morgan fingerprint density at radius 3 is 2.71 bits per heavy atom. The van der Waals surface area contributed by atoms with Gasteiger partial charge in [-0.1, -0.05) is 6.07 Å². The summed E-state index contributed by atoms with van der Waals surface area (Å²) in [5.74, 6) is 1.31. The molecule has 158 valence electrons. The Morgan fingerprint density at radius 1 is 1.13 bits per heavy atom. The molecule has 0 aliphatic carbocycles. The number of hydrogen-bond acceptors (Lipinski definition) is 6. The first-order valence-corrected chi connectivity index (χ1v) is 10.0. The maximum Gasteiger partial charge on any atom is 0.254 e. The quantitative estimate of drug-likeness (QED) is 0.527. The topological polar surface area (TPSA) is 94.5 Å². The van der Waals surface area contributed by atoms with Crippen LogP contribution >= 0.6 is 0 Å². The number of piperazine rings is 1. The summed E-state index contributed by atoms with van der Waals surface area (Å²) in [6.07, 6.45) is 1.87. The summed E-state index contributed by atoms with van der Waals surface area (Å²) in [6, 6.07) is 11.5. The van der Waals surface area contributed by atoms with Gasteiger partial charge in [-0.3, -0.25) is 9.89 Å². The van der Waals surface area contributed by atoms with Gasteiger partial charge in [0.15, 0.2) is 11.6 Å². The number of H-pyrrole nitrogens is 1. The monoisotopic (exact) mass is 420 g/mol. The van der Waals surface area contributed by atoms with Gasteiger partial charge in [-0.2, -0.15) is 10.1 Å². The van der Waals surface area contributed by atoms with Gasteiger partial charge < -0.3 is 15.1 Å². The Hall–Kier alpha value is -3.95. The second kappa shape index (κ2) is 7.71. The highest BCUT2D eigenvalue weighted by Gasteiger charge is 2.24. The zero-order valence-electron chi connectivity index (χ0n) is 16.9. The van der Waals surface area contributed by atoms with Gasteiger partial charge in [0.25, 0.3) is 5.91 Å². The highest BCUT2D eigenvalue weighted by Crippen LogP contribution is 2.23. The van der Waals surface area contributed by atoms with Crippen molar-refractivity contribution in [3.8, 4) is 0 Å². The summed E-state index contributed by atoms with van der Waals surface area (Å²) in [5, 5.41) is 15.0. The summed E-state index contributed by atoms with van der Waals surface area (Å²) in [7, 11) is 0. The molecule has 9 nitrogen and oxygen atoms in total. The molecule has 0 spiro atoms. The van der Waals surface area contributed by atoms with Gasteiger partial charge in [0.1, 0.15) is 11.3 Å². The molecule has 0 unspecified atom stereocenters. The molecule has 1 amide bonds. The highest BCUT2D eigenvalue weighted by atomic mass is 19.1. The lowest BCUT2D eigenvalue weighted by Gasteiger charge is -2.34. The van der Waals surface area contributed by atoms with Crippen molar-refractivity contribution in [3.05, 3.63) is 65.7 Å². The van der Waals surface area contributed by atoms with E-state index in [2.05, 4.69) is 20.6 Å². The summed E-state index contributed by atoms with van der Waals surface area (Å²) in [5.41, 5.74) is 2.14. The molecule has 1 fully saturated rings. The van der Waals surface area contributed by atoms with Crippen molar-refractivity contribution in [2.24, 2.45) is 0 Å². The van der Waals surface area contributed by atoms with Crippen LogP contribution in [-0.4, -0.2) is 61.8 Å². The van der Waals surface area contributed by atoms with Crippen molar-refractivity contribution in [2.75, 3.05) is 36.4 Å². The van der Waals surface area contributed by atoms with Gasteiger partial charge in [-0.15, -0.1) is 5.10 Å². The van der Waals surface area contributed by atoms with E-state index in [1.54, 1.807) is 21.5 Å². The maximum atomic E-state index is 13.5. The van der Waals surface area contributed by atoms with Crippen LogP contribution in [0.15, 0.2) is 48.7 Å². The first kappa shape index (κ1) is 19.0. The smallest absolute Gasteiger partial charge is 0.254 e. The van der Waals surface area contributed by atoms with Crippen molar-refractivity contribution in [2.45, 2.75) is 6.92 Å². The Morgan fingerprint density at radius 2 is 1.97 bits per heavy atom. The van der Waals surface area contributed by atoms with E-state index in [1.807, 2.05) is 36.2 Å². The van der Waals surface area contributed by atoms with Crippen molar-refractivity contribution in [1.82, 2.24) is 29.7 Å². The van der Waals surface area contributed by atoms with Crippen LogP contribution in [0.25, 0.3) is 5.52 Å². The molecule has 0 bridgehead atoms. The number of halogens is 1. The number of aromatic amines is 1. The molecule has 5 rings (SSSR count). The lowest BCUT2D eigenvalue weighted by molar-refractivity contribution is 0.0745. The molecule has 1 saturated heterocycles. The average molecular weight is 420 g/mol. The fourth-order valence-electron chi connectivity index (χ4n) is 3.67. The number of nitrogens with one attached hydrogen (secondary N) is 2. The minimum atomic E-state index is -0.412. The largest absolute Gasteiger partial charge is 0.336 e. The van der Waals surface area contributed by atoms with Crippen molar-refractivity contribution in [3.63, 3.8) is 0 Å². The fraction of sp³-hybridized carbons (Fsp3) is 0.238. The van der Waals surface area contributed by atoms with E-state index >= 15 is 0 Å². The normalized spacial score (nSPS) is 14.3. The van der Waals surface area contributed by atoms with E-state index in [4.69, 9.17) is 4.98 Å². The fourth-order valence-corrected chi connectivity index (χ4v) is 3.67. The molecule has 10 heteroatoms. The van der Waals surface area contributed by atoms with Crippen molar-refractivity contribution >= 4 is 29.0 Å². The first-order chi connectivity index (χ1) is 15.1. The van der Waals surface area contributed by atoms with Crippen molar-refractivity contribution < 1.29 is 9.18 Å². The van der Waals surface area contributed by atoms with Crippen LogP contribution < -0.4 is 10.2 Å². The van der Waals surface area contributed by atoms with Crippen LogP contribution in [-0.2, 0) is 0 Å². The minimum Gasteiger partial charge on any atom is -0.336 e. The number of nitrogens with zero attached hydrogens (tertiary/aromatic N) is 6. The molecule has 31 heavy (non-hydrogen) atoms. The average Bonchev–Trinajstić information content (AvgIpc) is 3.42. The molecule has 2 N–H and O–H groups in total. The molecule has 1 aliphatic heterocycles.